The standard InChI is InChI=1S/C21H23N3O5S/c1-14(25)22-16-7-5-8-17(12-16)23-20(26)19(10-11-30(2,28)29)24-13-15-6-3-4-9-18(15)21(24)27/h3-9,12,19H,10-11,13H2,1-2H3,(H,22,25)(H,23,26). The largest absolute Gasteiger partial charge is 0.326 e. The highest BCUT2D eigenvalue weighted by atomic mass is 32.2. The maximum atomic E-state index is 13.1. The highest BCUT2D eigenvalue weighted by molar-refractivity contribution is 7.90. The zero-order valence-electron chi connectivity index (χ0n) is 16.7. The van der Waals surface area contributed by atoms with E-state index < -0.39 is 21.8 Å². The van der Waals surface area contributed by atoms with E-state index in [-0.39, 0.29) is 30.5 Å². The molecule has 30 heavy (non-hydrogen) atoms. The van der Waals surface area contributed by atoms with Crippen LogP contribution in [0.25, 0.3) is 0 Å². The van der Waals surface area contributed by atoms with Crippen molar-refractivity contribution in [3.05, 3.63) is 59.7 Å². The van der Waals surface area contributed by atoms with E-state index in [2.05, 4.69) is 10.6 Å². The molecule has 1 heterocycles. The number of hydrogen-bond donors (Lipinski definition) is 2. The molecular weight excluding hydrogens is 406 g/mol. The van der Waals surface area contributed by atoms with Gasteiger partial charge in [0.05, 0.1) is 5.75 Å². The van der Waals surface area contributed by atoms with Crippen molar-refractivity contribution in [3.8, 4) is 0 Å². The Morgan fingerprint density at radius 1 is 1.07 bits per heavy atom. The van der Waals surface area contributed by atoms with Crippen molar-refractivity contribution in [2.75, 3.05) is 22.6 Å². The molecule has 0 aromatic heterocycles. The molecule has 8 nitrogen and oxygen atoms in total. The van der Waals surface area contributed by atoms with Gasteiger partial charge < -0.3 is 15.5 Å². The van der Waals surface area contributed by atoms with Gasteiger partial charge in [0.1, 0.15) is 15.9 Å². The number of amides is 3. The number of benzene rings is 2. The van der Waals surface area contributed by atoms with Gasteiger partial charge in [0.15, 0.2) is 0 Å². The Kier molecular flexibility index (Phi) is 6.21. The summed E-state index contributed by atoms with van der Waals surface area (Å²) in [6.45, 7) is 1.62. The summed E-state index contributed by atoms with van der Waals surface area (Å²) >= 11 is 0. The van der Waals surface area contributed by atoms with E-state index in [4.69, 9.17) is 0 Å². The Morgan fingerprint density at radius 2 is 1.73 bits per heavy atom. The zero-order valence-corrected chi connectivity index (χ0v) is 17.5. The lowest BCUT2D eigenvalue weighted by Crippen LogP contribution is -2.45. The molecular formula is C21H23N3O5S. The average Bonchev–Trinajstić information content (AvgIpc) is 2.98. The zero-order chi connectivity index (χ0) is 21.9. The van der Waals surface area contributed by atoms with Gasteiger partial charge in [-0.1, -0.05) is 24.3 Å². The van der Waals surface area contributed by atoms with Crippen LogP contribution < -0.4 is 10.6 Å². The van der Waals surface area contributed by atoms with Gasteiger partial charge in [0.2, 0.25) is 11.8 Å². The molecule has 0 bridgehead atoms. The van der Waals surface area contributed by atoms with Crippen LogP contribution in [0.15, 0.2) is 48.5 Å². The molecule has 2 aromatic carbocycles. The van der Waals surface area contributed by atoms with Crippen LogP contribution in [-0.4, -0.2) is 49.1 Å². The molecule has 3 amide bonds. The Hall–Kier alpha value is -3.20. The first kappa shape index (κ1) is 21.5. The molecule has 0 radical (unpaired) electrons. The first-order valence-corrected chi connectivity index (χ1v) is 11.5. The Morgan fingerprint density at radius 3 is 2.37 bits per heavy atom. The van der Waals surface area contributed by atoms with Gasteiger partial charge in [0, 0.05) is 36.7 Å². The SMILES string of the molecule is CC(=O)Nc1cccc(NC(=O)C(CCS(C)(=O)=O)N2Cc3ccccc3C2=O)c1. The summed E-state index contributed by atoms with van der Waals surface area (Å²) in [4.78, 5) is 38.6. The molecule has 0 fully saturated rings. The van der Waals surface area contributed by atoms with E-state index >= 15 is 0 Å². The summed E-state index contributed by atoms with van der Waals surface area (Å²) in [6, 6.07) is 12.7. The van der Waals surface area contributed by atoms with E-state index in [0.717, 1.165) is 11.8 Å². The summed E-state index contributed by atoms with van der Waals surface area (Å²) in [7, 11) is -3.33. The molecule has 0 saturated carbocycles. The number of sulfone groups is 1. The highest BCUT2D eigenvalue weighted by Crippen LogP contribution is 2.26. The lowest BCUT2D eigenvalue weighted by molar-refractivity contribution is -0.120. The van der Waals surface area contributed by atoms with Crippen molar-refractivity contribution in [2.45, 2.75) is 25.9 Å². The average molecular weight is 429 g/mol. The second-order valence-corrected chi connectivity index (χ2v) is 9.54. The number of carbonyl (C=O) groups excluding carboxylic acids is 3. The summed E-state index contributed by atoms with van der Waals surface area (Å²) in [5.74, 6) is -1.26. The maximum absolute atomic E-state index is 13.1. The van der Waals surface area contributed by atoms with Crippen molar-refractivity contribution in [1.82, 2.24) is 4.90 Å². The summed E-state index contributed by atoms with van der Waals surface area (Å²) in [6.07, 6.45) is 1.08. The van der Waals surface area contributed by atoms with E-state index in [0.29, 0.717) is 16.9 Å². The molecule has 0 spiro atoms. The molecule has 2 N–H and O–H groups in total. The van der Waals surface area contributed by atoms with Gasteiger partial charge in [-0.15, -0.1) is 0 Å². The number of carbonyl (C=O) groups is 3. The minimum atomic E-state index is -3.33. The van der Waals surface area contributed by atoms with Crippen molar-refractivity contribution in [3.63, 3.8) is 0 Å². The van der Waals surface area contributed by atoms with Gasteiger partial charge >= 0.3 is 0 Å². The van der Waals surface area contributed by atoms with Crippen LogP contribution in [-0.2, 0) is 26.0 Å². The van der Waals surface area contributed by atoms with E-state index in [9.17, 15) is 22.8 Å². The lowest BCUT2D eigenvalue weighted by Gasteiger charge is -2.27. The third kappa shape index (κ3) is 5.24. The fraction of sp³-hybridized carbons (Fsp3) is 0.286. The van der Waals surface area contributed by atoms with Crippen LogP contribution in [0.4, 0.5) is 11.4 Å². The molecule has 158 valence electrons. The number of fused-ring (bicyclic) bond motifs is 1. The first-order chi connectivity index (χ1) is 14.1. The predicted molar refractivity (Wildman–Crippen MR) is 114 cm³/mol. The van der Waals surface area contributed by atoms with Crippen molar-refractivity contribution < 1.29 is 22.8 Å². The molecule has 1 unspecified atom stereocenters. The molecule has 3 rings (SSSR count). The maximum Gasteiger partial charge on any atom is 0.255 e. The van der Waals surface area contributed by atoms with Crippen LogP contribution in [0.2, 0.25) is 0 Å². The molecule has 9 heteroatoms. The minimum absolute atomic E-state index is 0.0181. The Bertz CT molecular complexity index is 1100. The molecule has 2 aromatic rings. The molecule has 1 aliphatic heterocycles. The van der Waals surface area contributed by atoms with Gasteiger partial charge in [-0.05, 0) is 36.2 Å². The van der Waals surface area contributed by atoms with Crippen molar-refractivity contribution in [2.24, 2.45) is 0 Å². The summed E-state index contributed by atoms with van der Waals surface area (Å²) in [5.41, 5.74) is 2.26. The lowest BCUT2D eigenvalue weighted by atomic mass is 10.1. The second-order valence-electron chi connectivity index (χ2n) is 7.28. The Labute approximate surface area is 175 Å². The normalized spacial score (nSPS) is 14.2. The number of rotatable bonds is 7. The van der Waals surface area contributed by atoms with Crippen LogP contribution in [0.1, 0.15) is 29.3 Å². The van der Waals surface area contributed by atoms with E-state index in [1.165, 1.54) is 11.8 Å². The third-order valence-corrected chi connectivity index (χ3v) is 5.72. The second kappa shape index (κ2) is 8.66. The van der Waals surface area contributed by atoms with Gasteiger partial charge in [-0.25, -0.2) is 8.42 Å². The summed E-state index contributed by atoms with van der Waals surface area (Å²) < 4.78 is 23.4. The molecule has 1 atom stereocenters. The highest BCUT2D eigenvalue weighted by Gasteiger charge is 2.36. The third-order valence-electron chi connectivity index (χ3n) is 4.74. The van der Waals surface area contributed by atoms with E-state index in [1.807, 2.05) is 12.1 Å². The number of nitrogens with zero attached hydrogens (tertiary/aromatic N) is 1. The first-order valence-electron chi connectivity index (χ1n) is 9.39. The van der Waals surface area contributed by atoms with Crippen LogP contribution in [0.3, 0.4) is 0 Å². The number of anilines is 2. The fourth-order valence-electron chi connectivity index (χ4n) is 3.39. The monoisotopic (exact) mass is 429 g/mol. The van der Waals surface area contributed by atoms with Crippen molar-refractivity contribution in [1.29, 1.82) is 0 Å². The molecule has 0 aliphatic carbocycles. The smallest absolute Gasteiger partial charge is 0.255 e. The van der Waals surface area contributed by atoms with Crippen molar-refractivity contribution >= 4 is 38.9 Å². The van der Waals surface area contributed by atoms with Crippen LogP contribution >= 0.6 is 0 Å². The van der Waals surface area contributed by atoms with Crippen LogP contribution in [0, 0.1) is 0 Å². The van der Waals surface area contributed by atoms with Gasteiger partial charge in [-0.2, -0.15) is 0 Å². The number of hydrogen-bond acceptors (Lipinski definition) is 5. The minimum Gasteiger partial charge on any atom is -0.326 e. The topological polar surface area (TPSA) is 113 Å². The van der Waals surface area contributed by atoms with Gasteiger partial charge in [0.25, 0.3) is 5.91 Å². The quantitative estimate of drug-likeness (QED) is 0.699. The van der Waals surface area contributed by atoms with Crippen LogP contribution in [0.5, 0.6) is 0 Å². The van der Waals surface area contributed by atoms with E-state index in [1.54, 1.807) is 36.4 Å². The number of nitrogens with one attached hydrogen (secondary N) is 2. The van der Waals surface area contributed by atoms with Gasteiger partial charge in [-0.3, -0.25) is 14.4 Å². The Balaban J connectivity index is 1.83. The predicted octanol–water partition coefficient (Wildman–Crippen LogP) is 2.04. The molecule has 0 saturated heterocycles. The summed E-state index contributed by atoms with van der Waals surface area (Å²) in [5, 5.41) is 5.37. The fourth-order valence-corrected chi connectivity index (χ4v) is 4.04. The molecule has 1 aliphatic rings.